The molecule has 6 atom stereocenters. The predicted octanol–water partition coefficient (Wildman–Crippen LogP) is 3.24. The Morgan fingerprint density at radius 1 is 1.12 bits per heavy atom. The molecule has 94 valence electrons. The number of rotatable bonds is 1. The molecule has 0 aromatic carbocycles. The van der Waals surface area contributed by atoms with Crippen molar-refractivity contribution in [3.05, 3.63) is 15.0 Å². The lowest BCUT2D eigenvalue weighted by atomic mass is 9.67. The minimum Gasteiger partial charge on any atom is -0.393 e. The number of fused-ring (bicyclic) bond motifs is 5. The van der Waals surface area contributed by atoms with E-state index in [2.05, 4.69) is 5.18 Å². The summed E-state index contributed by atoms with van der Waals surface area (Å²) in [6.45, 7) is 0. The fourth-order valence-electron chi connectivity index (χ4n) is 4.46. The lowest BCUT2D eigenvalue weighted by molar-refractivity contribution is -0.00567. The molecule has 6 unspecified atom stereocenters. The van der Waals surface area contributed by atoms with E-state index < -0.39 is 0 Å². The van der Waals surface area contributed by atoms with Gasteiger partial charge in [-0.3, -0.25) is 0 Å². The number of hydrogen-bond acceptors (Lipinski definition) is 3. The van der Waals surface area contributed by atoms with Gasteiger partial charge in [-0.1, -0.05) is 28.4 Å². The van der Waals surface area contributed by atoms with Gasteiger partial charge in [0.15, 0.2) is 0 Å². The summed E-state index contributed by atoms with van der Waals surface area (Å²) < 4.78 is 0.351. The molecule has 0 aromatic rings. The van der Waals surface area contributed by atoms with Crippen molar-refractivity contribution in [2.24, 2.45) is 28.8 Å². The Balaban J connectivity index is 2.02. The van der Waals surface area contributed by atoms with E-state index in [4.69, 9.17) is 23.2 Å². The number of aliphatic hydroxyl groups excluding tert-OH is 1. The van der Waals surface area contributed by atoms with Crippen LogP contribution in [0, 0.1) is 28.6 Å². The minimum absolute atomic E-state index is 0.146. The van der Waals surface area contributed by atoms with E-state index in [1.165, 1.54) is 0 Å². The van der Waals surface area contributed by atoms with E-state index in [9.17, 15) is 10.0 Å². The molecule has 5 heteroatoms. The summed E-state index contributed by atoms with van der Waals surface area (Å²) in [6.07, 6.45) is 3.11. The molecule has 3 rings (SSSR count). The maximum atomic E-state index is 10.9. The Bertz CT molecular complexity index is 381. The molecule has 3 fully saturated rings. The van der Waals surface area contributed by atoms with Crippen LogP contribution in [0.4, 0.5) is 0 Å². The molecule has 0 aromatic heterocycles. The van der Waals surface area contributed by atoms with Gasteiger partial charge in [-0.25, -0.2) is 0 Å². The molecule has 0 amide bonds. The van der Waals surface area contributed by atoms with Crippen LogP contribution >= 0.6 is 23.2 Å². The summed E-state index contributed by atoms with van der Waals surface area (Å²) >= 11 is 11.9. The van der Waals surface area contributed by atoms with Crippen molar-refractivity contribution in [3.8, 4) is 0 Å². The Morgan fingerprint density at radius 2 is 1.76 bits per heavy atom. The topological polar surface area (TPSA) is 49.7 Å². The molecule has 0 heterocycles. The summed E-state index contributed by atoms with van der Waals surface area (Å²) in [5.41, 5.74) is 1.08. The molecule has 3 aliphatic rings. The molecule has 17 heavy (non-hydrogen) atoms. The smallest absolute Gasteiger partial charge is 0.106 e. The van der Waals surface area contributed by atoms with Gasteiger partial charge in [0.2, 0.25) is 0 Å². The monoisotopic (exact) mass is 275 g/mol. The first-order chi connectivity index (χ1) is 8.15. The first kappa shape index (κ1) is 11.9. The lowest BCUT2D eigenvalue weighted by Gasteiger charge is -2.40. The molecular weight excluding hydrogens is 261 g/mol. The fraction of sp³-hybridized carbons (Fsp3) is 0.833. The SMILES string of the molecule is O=NC1CCC(O)C2C3CCC(C3=C(Cl)Cl)C12. The average molecular weight is 276 g/mol. The first-order valence-electron chi connectivity index (χ1n) is 6.20. The van der Waals surface area contributed by atoms with Crippen molar-refractivity contribution in [3.63, 3.8) is 0 Å². The van der Waals surface area contributed by atoms with Gasteiger partial charge in [0, 0.05) is 0 Å². The third-order valence-electron chi connectivity index (χ3n) is 4.96. The van der Waals surface area contributed by atoms with E-state index >= 15 is 0 Å². The predicted molar refractivity (Wildman–Crippen MR) is 66.7 cm³/mol. The molecule has 0 spiro atoms. The van der Waals surface area contributed by atoms with Crippen LogP contribution in [0.25, 0.3) is 0 Å². The molecule has 3 aliphatic carbocycles. The number of nitroso groups, excluding NO2 is 1. The lowest BCUT2D eigenvalue weighted by Crippen LogP contribution is -2.43. The molecule has 2 bridgehead atoms. The van der Waals surface area contributed by atoms with Crippen LogP contribution in [0.5, 0.6) is 0 Å². The second-order valence-corrected chi connectivity index (χ2v) is 6.43. The van der Waals surface area contributed by atoms with E-state index in [-0.39, 0.29) is 35.8 Å². The van der Waals surface area contributed by atoms with Crippen molar-refractivity contribution < 1.29 is 5.11 Å². The highest BCUT2D eigenvalue weighted by Crippen LogP contribution is 2.62. The first-order valence-corrected chi connectivity index (χ1v) is 6.96. The second-order valence-electron chi connectivity index (χ2n) is 5.48. The Labute approximate surface area is 110 Å². The van der Waals surface area contributed by atoms with Crippen LogP contribution in [0.2, 0.25) is 0 Å². The highest BCUT2D eigenvalue weighted by atomic mass is 35.5. The van der Waals surface area contributed by atoms with Crippen LogP contribution in [-0.2, 0) is 0 Å². The zero-order valence-electron chi connectivity index (χ0n) is 9.35. The van der Waals surface area contributed by atoms with Crippen LogP contribution in [0.3, 0.4) is 0 Å². The van der Waals surface area contributed by atoms with Gasteiger partial charge in [0.05, 0.1) is 12.1 Å². The minimum atomic E-state index is -0.323. The maximum Gasteiger partial charge on any atom is 0.106 e. The quantitative estimate of drug-likeness (QED) is 0.747. The van der Waals surface area contributed by atoms with Crippen LogP contribution in [0.15, 0.2) is 15.2 Å². The zero-order chi connectivity index (χ0) is 12.2. The number of halogens is 2. The number of allylic oxidation sites excluding steroid dienone is 1. The van der Waals surface area contributed by atoms with Crippen molar-refractivity contribution in [1.29, 1.82) is 0 Å². The third-order valence-corrected chi connectivity index (χ3v) is 5.40. The molecule has 3 saturated carbocycles. The molecule has 0 radical (unpaired) electrons. The van der Waals surface area contributed by atoms with Gasteiger partial charge in [-0.05, 0) is 54.9 Å². The second kappa shape index (κ2) is 4.22. The maximum absolute atomic E-state index is 10.9. The number of hydrogen-bond donors (Lipinski definition) is 1. The highest BCUT2D eigenvalue weighted by Gasteiger charge is 2.58. The van der Waals surface area contributed by atoms with Crippen molar-refractivity contribution in [2.45, 2.75) is 37.8 Å². The van der Waals surface area contributed by atoms with Crippen molar-refractivity contribution in [2.75, 3.05) is 0 Å². The summed E-state index contributed by atoms with van der Waals surface area (Å²) in [4.78, 5) is 10.9. The van der Waals surface area contributed by atoms with E-state index in [1.807, 2.05) is 0 Å². The van der Waals surface area contributed by atoms with Gasteiger partial charge in [-0.2, -0.15) is 4.91 Å². The largest absolute Gasteiger partial charge is 0.393 e. The zero-order valence-corrected chi connectivity index (χ0v) is 10.9. The Hall–Kier alpha value is -0.120. The highest BCUT2D eigenvalue weighted by molar-refractivity contribution is 6.56. The van der Waals surface area contributed by atoms with Crippen molar-refractivity contribution in [1.82, 2.24) is 0 Å². The Kier molecular flexibility index (Phi) is 2.96. The molecular formula is C12H15Cl2NO2. The van der Waals surface area contributed by atoms with Crippen LogP contribution < -0.4 is 0 Å². The van der Waals surface area contributed by atoms with Gasteiger partial charge in [0.25, 0.3) is 0 Å². The standard InChI is InChI=1S/C12H15Cl2NO2/c13-12(14)9-5-1-2-6(9)11-8(16)4-3-7(15-17)10(5)11/h5-8,10-11,16H,1-4H2. The molecule has 0 saturated heterocycles. The van der Waals surface area contributed by atoms with Crippen LogP contribution in [-0.4, -0.2) is 17.3 Å². The van der Waals surface area contributed by atoms with E-state index in [1.54, 1.807) is 0 Å². The Morgan fingerprint density at radius 3 is 2.35 bits per heavy atom. The molecule has 0 aliphatic heterocycles. The number of nitrogens with zero attached hydrogens (tertiary/aromatic N) is 1. The van der Waals surface area contributed by atoms with E-state index in [0.717, 1.165) is 18.4 Å². The molecule has 1 N–H and O–H groups in total. The van der Waals surface area contributed by atoms with Gasteiger partial charge in [0.1, 0.15) is 4.49 Å². The van der Waals surface area contributed by atoms with Crippen molar-refractivity contribution >= 4 is 23.2 Å². The van der Waals surface area contributed by atoms with Gasteiger partial charge in [-0.15, -0.1) is 0 Å². The summed E-state index contributed by atoms with van der Waals surface area (Å²) in [5.74, 6) is 0.854. The van der Waals surface area contributed by atoms with Gasteiger partial charge < -0.3 is 5.11 Å². The van der Waals surface area contributed by atoms with Gasteiger partial charge >= 0.3 is 0 Å². The summed E-state index contributed by atoms with van der Waals surface area (Å²) in [7, 11) is 0. The van der Waals surface area contributed by atoms with Crippen LogP contribution in [0.1, 0.15) is 25.7 Å². The fourth-order valence-corrected chi connectivity index (χ4v) is 5.02. The number of aliphatic hydroxyl groups is 1. The molecule has 3 nitrogen and oxygen atoms in total. The summed E-state index contributed by atoms with van der Waals surface area (Å²) in [6, 6.07) is -0.165. The average Bonchev–Trinajstić information content (AvgIpc) is 2.86. The summed E-state index contributed by atoms with van der Waals surface area (Å²) in [5, 5.41) is 13.4. The van der Waals surface area contributed by atoms with E-state index in [0.29, 0.717) is 17.3 Å². The normalized spacial score (nSPS) is 48.1. The third kappa shape index (κ3) is 1.59.